The van der Waals surface area contributed by atoms with Crippen LogP contribution in [0.2, 0.25) is 15.2 Å². The number of nitrogens with two attached hydrogens (primary N) is 1. The van der Waals surface area contributed by atoms with Crippen LogP contribution in [0.3, 0.4) is 0 Å². The van der Waals surface area contributed by atoms with E-state index in [1.54, 1.807) is 0 Å². The van der Waals surface area contributed by atoms with Crippen molar-refractivity contribution in [1.82, 2.24) is 10.4 Å². The van der Waals surface area contributed by atoms with Gasteiger partial charge in [0.2, 0.25) is 0 Å². The Morgan fingerprint density at radius 3 is 2.76 bits per heavy atom. The van der Waals surface area contributed by atoms with Gasteiger partial charge in [0.15, 0.2) is 10.8 Å². The van der Waals surface area contributed by atoms with Gasteiger partial charge in [-0.1, -0.05) is 34.8 Å². The zero-order chi connectivity index (χ0) is 15.6. The largest absolute Gasteiger partial charge is 0.396 e. The summed E-state index contributed by atoms with van der Waals surface area (Å²) in [6.45, 7) is 1.94. The molecular weight excluding hydrogens is 355 g/mol. The first-order valence-corrected chi connectivity index (χ1v) is 7.60. The van der Waals surface area contributed by atoms with Crippen molar-refractivity contribution in [3.63, 3.8) is 0 Å². The molecule has 2 rings (SSSR count). The van der Waals surface area contributed by atoms with E-state index in [0.717, 1.165) is 10.4 Å². The number of carbonyl (C=O) groups excluding carboxylic acids is 1. The van der Waals surface area contributed by atoms with Crippen LogP contribution in [0.4, 0.5) is 5.69 Å². The van der Waals surface area contributed by atoms with E-state index in [0.29, 0.717) is 0 Å². The van der Waals surface area contributed by atoms with E-state index in [1.165, 1.54) is 17.6 Å². The van der Waals surface area contributed by atoms with Crippen molar-refractivity contribution in [3.05, 3.63) is 42.8 Å². The number of hydrogen-bond donors (Lipinski definition) is 2. The molecule has 0 fully saturated rings. The summed E-state index contributed by atoms with van der Waals surface area (Å²) in [5, 5.41) is 5.62. The van der Waals surface area contributed by atoms with Crippen LogP contribution in [0.15, 0.2) is 16.5 Å². The highest BCUT2D eigenvalue weighted by Gasteiger charge is 2.19. The zero-order valence-corrected chi connectivity index (χ0v) is 13.7. The van der Waals surface area contributed by atoms with Gasteiger partial charge in [-0.15, -0.1) is 11.3 Å². The van der Waals surface area contributed by atoms with Crippen LogP contribution in [-0.4, -0.2) is 17.1 Å². The number of rotatable bonds is 3. The Morgan fingerprint density at radius 1 is 1.43 bits per heavy atom. The van der Waals surface area contributed by atoms with Gasteiger partial charge in [0.25, 0.3) is 5.91 Å². The van der Waals surface area contributed by atoms with E-state index < -0.39 is 5.91 Å². The predicted octanol–water partition coefficient (Wildman–Crippen LogP) is 3.76. The van der Waals surface area contributed by atoms with Crippen LogP contribution >= 0.6 is 46.1 Å². The second kappa shape index (κ2) is 6.62. The number of anilines is 1. The second-order valence-electron chi connectivity index (χ2n) is 3.96. The summed E-state index contributed by atoms with van der Waals surface area (Å²) >= 11 is 19.0. The van der Waals surface area contributed by atoms with Gasteiger partial charge in [-0.3, -0.25) is 4.79 Å². The second-order valence-corrected chi connectivity index (χ2v) is 6.02. The summed E-state index contributed by atoms with van der Waals surface area (Å²) in [5.74, 6) is -0.629. The summed E-state index contributed by atoms with van der Waals surface area (Å²) in [6.07, 6.45) is 1.53. The van der Waals surface area contributed by atoms with Crippen LogP contribution in [-0.2, 0) is 0 Å². The lowest BCUT2D eigenvalue weighted by Crippen LogP contribution is -2.20. The van der Waals surface area contributed by atoms with Crippen molar-refractivity contribution in [3.8, 4) is 0 Å². The Bertz CT molecular complexity index is 730. The van der Waals surface area contributed by atoms with E-state index in [1.807, 2.05) is 18.4 Å². The van der Waals surface area contributed by atoms with E-state index in [2.05, 4.69) is 15.5 Å². The summed E-state index contributed by atoms with van der Waals surface area (Å²) < 4.78 is 0. The molecule has 0 radical (unpaired) electrons. The molecule has 0 unspecified atom stereocenters. The molecule has 0 aliphatic carbocycles. The number of hydrogen-bond acceptors (Lipinski definition) is 5. The van der Waals surface area contributed by atoms with E-state index in [4.69, 9.17) is 40.5 Å². The van der Waals surface area contributed by atoms with Crippen LogP contribution in [0.25, 0.3) is 0 Å². The number of pyridine rings is 1. The highest BCUT2D eigenvalue weighted by atomic mass is 35.5. The number of aromatic nitrogens is 1. The smallest absolute Gasteiger partial charge is 0.291 e. The van der Waals surface area contributed by atoms with Crippen LogP contribution in [0, 0.1) is 6.92 Å². The third-order valence-corrected chi connectivity index (χ3v) is 4.63. The van der Waals surface area contributed by atoms with Gasteiger partial charge in [-0.25, -0.2) is 10.4 Å². The van der Waals surface area contributed by atoms with E-state index in [9.17, 15) is 4.79 Å². The molecule has 2 aromatic rings. The van der Waals surface area contributed by atoms with Crippen molar-refractivity contribution >= 4 is 63.9 Å². The molecule has 2 heterocycles. The summed E-state index contributed by atoms with van der Waals surface area (Å²) in [4.78, 5) is 16.7. The van der Waals surface area contributed by atoms with Gasteiger partial charge in [0, 0.05) is 4.88 Å². The topological polar surface area (TPSA) is 80.4 Å². The summed E-state index contributed by atoms with van der Waals surface area (Å²) in [7, 11) is 0. The van der Waals surface area contributed by atoms with Gasteiger partial charge in [-0.2, -0.15) is 5.10 Å². The lowest BCUT2D eigenvalue weighted by molar-refractivity contribution is 0.0950. The molecule has 0 atom stereocenters. The van der Waals surface area contributed by atoms with E-state index >= 15 is 0 Å². The molecule has 21 heavy (non-hydrogen) atoms. The maximum Gasteiger partial charge on any atom is 0.291 e. The molecule has 0 saturated heterocycles. The fourth-order valence-corrected chi connectivity index (χ4v) is 2.78. The Morgan fingerprint density at radius 2 is 2.14 bits per heavy atom. The number of nitrogens with one attached hydrogen (secondary N) is 1. The molecule has 3 N–H and O–H groups in total. The monoisotopic (exact) mass is 362 g/mol. The molecule has 0 aliphatic heterocycles. The fourth-order valence-electron chi connectivity index (χ4n) is 1.40. The molecular formula is C12H9Cl3N4OS. The van der Waals surface area contributed by atoms with Gasteiger partial charge in [-0.05, 0) is 23.9 Å². The lowest BCUT2D eigenvalue weighted by Gasteiger charge is -2.07. The molecule has 1 amide bonds. The minimum absolute atomic E-state index is 0.00145. The minimum Gasteiger partial charge on any atom is -0.396 e. The lowest BCUT2D eigenvalue weighted by atomic mass is 10.3. The van der Waals surface area contributed by atoms with Crippen LogP contribution in [0.5, 0.6) is 0 Å². The highest BCUT2D eigenvalue weighted by molar-refractivity contribution is 7.11. The molecule has 0 bridgehead atoms. The Labute approximate surface area is 139 Å². The van der Waals surface area contributed by atoms with Gasteiger partial charge >= 0.3 is 0 Å². The first kappa shape index (κ1) is 16.0. The van der Waals surface area contributed by atoms with Gasteiger partial charge in [0.1, 0.15) is 5.02 Å². The van der Waals surface area contributed by atoms with Crippen molar-refractivity contribution in [2.75, 3.05) is 5.73 Å². The standard InChI is InChI=1S/C12H9Cl3N4OS/c1-5-2-3-21-6(5)4-17-19-12(20)10-7(13)9(16)8(14)11(15)18-10/h2-4H,1H3,(H2,16,18)(H,19,20). The Kier molecular flexibility index (Phi) is 5.05. The first-order valence-electron chi connectivity index (χ1n) is 5.59. The number of halogens is 3. The minimum atomic E-state index is -0.629. The quantitative estimate of drug-likeness (QED) is 0.495. The van der Waals surface area contributed by atoms with Crippen molar-refractivity contribution < 1.29 is 4.79 Å². The molecule has 0 aromatic carbocycles. The number of thiophene rings is 1. The fraction of sp³-hybridized carbons (Fsp3) is 0.0833. The number of nitrogens with zero attached hydrogens (tertiary/aromatic N) is 2. The maximum absolute atomic E-state index is 12.0. The van der Waals surface area contributed by atoms with Crippen molar-refractivity contribution in [1.29, 1.82) is 0 Å². The number of hydrazone groups is 1. The maximum atomic E-state index is 12.0. The molecule has 2 aromatic heterocycles. The van der Waals surface area contributed by atoms with Crippen molar-refractivity contribution in [2.24, 2.45) is 5.10 Å². The predicted molar refractivity (Wildman–Crippen MR) is 87.8 cm³/mol. The molecule has 0 aliphatic rings. The van der Waals surface area contributed by atoms with Crippen LogP contribution in [0.1, 0.15) is 20.9 Å². The number of aryl methyl sites for hydroxylation is 1. The van der Waals surface area contributed by atoms with Gasteiger partial charge in [0.05, 0.1) is 16.9 Å². The number of amides is 1. The van der Waals surface area contributed by atoms with Gasteiger partial charge < -0.3 is 5.73 Å². The Balaban J connectivity index is 2.18. The third kappa shape index (κ3) is 3.47. The Hall–Kier alpha value is -1.34. The average Bonchev–Trinajstić information content (AvgIpc) is 2.86. The van der Waals surface area contributed by atoms with E-state index in [-0.39, 0.29) is 26.6 Å². The highest BCUT2D eigenvalue weighted by Crippen LogP contribution is 2.34. The summed E-state index contributed by atoms with van der Waals surface area (Å²) in [6, 6.07) is 1.95. The number of nitrogen functional groups attached to an aromatic ring is 1. The average molecular weight is 364 g/mol. The van der Waals surface area contributed by atoms with Crippen molar-refractivity contribution in [2.45, 2.75) is 6.92 Å². The SMILES string of the molecule is Cc1ccsc1C=NNC(=O)c1nc(Cl)c(Cl)c(N)c1Cl. The van der Waals surface area contributed by atoms with Crippen LogP contribution < -0.4 is 11.2 Å². The molecule has 110 valence electrons. The zero-order valence-electron chi connectivity index (χ0n) is 10.7. The summed E-state index contributed by atoms with van der Waals surface area (Å²) in [5.41, 5.74) is 8.88. The normalized spacial score (nSPS) is 11.0. The molecule has 0 spiro atoms. The third-order valence-electron chi connectivity index (χ3n) is 2.54. The number of carbonyl (C=O) groups is 1. The first-order chi connectivity index (χ1) is 9.91. The molecule has 5 nitrogen and oxygen atoms in total. The molecule has 0 saturated carbocycles. The molecule has 9 heteroatoms.